The largest absolute Gasteiger partial charge is 0.416 e. The third-order valence-corrected chi connectivity index (χ3v) is 7.24. The van der Waals surface area contributed by atoms with Crippen molar-refractivity contribution >= 4 is 23.4 Å². The number of alkyl halides is 3. The standard InChI is InChI=1S/C28H28F3N5O3/c1-33(14-19-13-32-34(2)15-19)25(37)20-7-5-11-35(17-20)23-10-4-9-22-24(23)27(39)36(26(22)38)16-18-6-3-8-21(12-18)28(29,30)31/h3-4,6,8-10,12-13,15,20H,5,7,11,14,16-17H2,1-2H3/t20-/m1/s1. The van der Waals surface area contributed by atoms with Crippen LogP contribution in [-0.4, -0.2) is 57.4 Å². The van der Waals surface area contributed by atoms with E-state index in [1.54, 1.807) is 41.0 Å². The Hall–Kier alpha value is -4.15. The molecular formula is C28H28F3N5O3. The number of piperidine rings is 1. The normalized spacial score (nSPS) is 17.5. The zero-order valence-electron chi connectivity index (χ0n) is 21.6. The molecule has 11 heteroatoms. The minimum Gasteiger partial charge on any atom is -0.370 e. The summed E-state index contributed by atoms with van der Waals surface area (Å²) in [5, 5.41) is 4.14. The van der Waals surface area contributed by atoms with Crippen molar-refractivity contribution in [2.75, 3.05) is 25.0 Å². The predicted molar refractivity (Wildman–Crippen MR) is 137 cm³/mol. The topological polar surface area (TPSA) is 78.8 Å². The highest BCUT2D eigenvalue weighted by Crippen LogP contribution is 2.36. The summed E-state index contributed by atoms with van der Waals surface area (Å²) in [4.78, 5) is 44.5. The van der Waals surface area contributed by atoms with Gasteiger partial charge in [-0.25, -0.2) is 0 Å². The van der Waals surface area contributed by atoms with Crippen molar-refractivity contribution in [3.8, 4) is 0 Å². The van der Waals surface area contributed by atoms with Gasteiger partial charge in [0.25, 0.3) is 11.8 Å². The molecule has 2 aliphatic heterocycles. The second-order valence-corrected chi connectivity index (χ2v) is 10.1. The first kappa shape index (κ1) is 26.5. The Morgan fingerprint density at radius 3 is 2.59 bits per heavy atom. The SMILES string of the molecule is CN(Cc1cnn(C)c1)C(=O)[C@@H]1CCCN(c2cccc3c2C(=O)N(Cc2cccc(C(F)(F)F)c2)C3=O)C1. The molecule has 1 atom stereocenters. The van der Waals surface area contributed by atoms with Gasteiger partial charge in [0, 0.05) is 45.5 Å². The summed E-state index contributed by atoms with van der Waals surface area (Å²) in [7, 11) is 3.57. The molecule has 0 saturated carbocycles. The molecular weight excluding hydrogens is 511 g/mol. The van der Waals surface area contributed by atoms with Crippen LogP contribution < -0.4 is 4.90 Å². The monoisotopic (exact) mass is 539 g/mol. The molecule has 1 fully saturated rings. The van der Waals surface area contributed by atoms with E-state index < -0.39 is 23.6 Å². The van der Waals surface area contributed by atoms with Crippen LogP contribution in [0.4, 0.5) is 18.9 Å². The molecule has 1 saturated heterocycles. The fourth-order valence-electron chi connectivity index (χ4n) is 5.37. The van der Waals surface area contributed by atoms with E-state index in [0.29, 0.717) is 31.7 Å². The molecule has 3 aromatic rings. The van der Waals surface area contributed by atoms with E-state index >= 15 is 0 Å². The Morgan fingerprint density at radius 2 is 1.87 bits per heavy atom. The van der Waals surface area contributed by atoms with Gasteiger partial charge in [0.05, 0.1) is 41.0 Å². The van der Waals surface area contributed by atoms with Gasteiger partial charge in [-0.15, -0.1) is 0 Å². The lowest BCUT2D eigenvalue weighted by molar-refractivity contribution is -0.137. The van der Waals surface area contributed by atoms with Gasteiger partial charge in [0.15, 0.2) is 0 Å². The highest BCUT2D eigenvalue weighted by atomic mass is 19.4. The van der Waals surface area contributed by atoms with Crippen LogP contribution in [0.25, 0.3) is 0 Å². The maximum Gasteiger partial charge on any atom is 0.416 e. The number of carbonyl (C=O) groups excluding carboxylic acids is 3. The van der Waals surface area contributed by atoms with Gasteiger partial charge in [-0.1, -0.05) is 18.2 Å². The quantitative estimate of drug-likeness (QED) is 0.441. The minimum absolute atomic E-state index is 0.00953. The summed E-state index contributed by atoms with van der Waals surface area (Å²) < 4.78 is 41.2. The molecule has 8 nitrogen and oxygen atoms in total. The fraction of sp³-hybridized carbons (Fsp3) is 0.357. The maximum atomic E-state index is 13.5. The van der Waals surface area contributed by atoms with Crippen LogP contribution in [0.5, 0.6) is 0 Å². The molecule has 0 N–H and O–H groups in total. The van der Waals surface area contributed by atoms with Gasteiger partial charge in [0.2, 0.25) is 5.91 Å². The summed E-state index contributed by atoms with van der Waals surface area (Å²) >= 11 is 0. The Bertz CT molecular complexity index is 1430. The van der Waals surface area contributed by atoms with Crippen molar-refractivity contribution in [3.05, 3.63) is 82.7 Å². The van der Waals surface area contributed by atoms with Crippen LogP contribution in [0.2, 0.25) is 0 Å². The zero-order valence-corrected chi connectivity index (χ0v) is 21.6. The van der Waals surface area contributed by atoms with Crippen LogP contribution in [0, 0.1) is 5.92 Å². The second-order valence-electron chi connectivity index (χ2n) is 10.1. The molecule has 0 bridgehead atoms. The lowest BCUT2D eigenvalue weighted by atomic mass is 9.95. The van der Waals surface area contributed by atoms with E-state index in [1.165, 1.54) is 12.1 Å². The third kappa shape index (κ3) is 5.25. The molecule has 0 aliphatic carbocycles. The van der Waals surface area contributed by atoms with Crippen LogP contribution in [0.3, 0.4) is 0 Å². The van der Waals surface area contributed by atoms with Gasteiger partial charge >= 0.3 is 6.18 Å². The molecule has 39 heavy (non-hydrogen) atoms. The predicted octanol–water partition coefficient (Wildman–Crippen LogP) is 4.11. The van der Waals surface area contributed by atoms with Crippen LogP contribution in [0.1, 0.15) is 50.2 Å². The van der Waals surface area contributed by atoms with Crippen LogP contribution in [0.15, 0.2) is 54.9 Å². The number of halogens is 3. The summed E-state index contributed by atoms with van der Waals surface area (Å²) in [6.45, 7) is 1.17. The van der Waals surface area contributed by atoms with E-state index in [0.717, 1.165) is 29.0 Å². The zero-order chi connectivity index (χ0) is 27.9. The Balaban J connectivity index is 1.34. The molecule has 0 radical (unpaired) electrons. The van der Waals surface area contributed by atoms with Crippen molar-refractivity contribution in [2.45, 2.75) is 32.1 Å². The number of nitrogens with zero attached hydrogens (tertiary/aromatic N) is 5. The highest BCUT2D eigenvalue weighted by molar-refractivity contribution is 6.23. The van der Waals surface area contributed by atoms with Crippen LogP contribution >= 0.6 is 0 Å². The molecule has 3 amide bonds. The maximum absolute atomic E-state index is 13.5. The first-order valence-corrected chi connectivity index (χ1v) is 12.7. The number of fused-ring (bicyclic) bond motifs is 1. The summed E-state index contributed by atoms with van der Waals surface area (Å²) in [5.41, 5.74) is 1.30. The number of aromatic nitrogens is 2. The van der Waals surface area contributed by atoms with Crippen molar-refractivity contribution < 1.29 is 27.6 Å². The molecule has 0 unspecified atom stereocenters. The van der Waals surface area contributed by atoms with E-state index in [9.17, 15) is 27.6 Å². The number of rotatable bonds is 6. The third-order valence-electron chi connectivity index (χ3n) is 7.24. The van der Waals surface area contributed by atoms with Gasteiger partial charge < -0.3 is 9.80 Å². The van der Waals surface area contributed by atoms with E-state index in [2.05, 4.69) is 5.10 Å². The summed E-state index contributed by atoms with van der Waals surface area (Å²) in [6.07, 6.45) is 0.489. The molecule has 0 spiro atoms. The number of aryl methyl sites for hydroxylation is 1. The first-order chi connectivity index (χ1) is 18.5. The Kier molecular flexibility index (Phi) is 6.92. The number of hydrogen-bond acceptors (Lipinski definition) is 5. The number of carbonyl (C=O) groups is 3. The van der Waals surface area contributed by atoms with Crippen molar-refractivity contribution in [1.29, 1.82) is 0 Å². The van der Waals surface area contributed by atoms with Gasteiger partial charge in [0.1, 0.15) is 0 Å². The first-order valence-electron chi connectivity index (χ1n) is 12.7. The average Bonchev–Trinajstić information content (AvgIpc) is 3.43. The highest BCUT2D eigenvalue weighted by Gasteiger charge is 2.40. The second kappa shape index (κ2) is 10.2. The minimum atomic E-state index is -4.53. The summed E-state index contributed by atoms with van der Waals surface area (Å²) in [5.74, 6) is -1.39. The van der Waals surface area contributed by atoms with Crippen molar-refractivity contribution in [2.24, 2.45) is 13.0 Å². The average molecular weight is 540 g/mol. The molecule has 1 aromatic heterocycles. The van der Waals surface area contributed by atoms with Crippen molar-refractivity contribution in [3.63, 3.8) is 0 Å². The molecule has 2 aliphatic rings. The van der Waals surface area contributed by atoms with E-state index in [4.69, 9.17) is 0 Å². The van der Waals surface area contributed by atoms with E-state index in [1.807, 2.05) is 18.1 Å². The Morgan fingerprint density at radius 1 is 1.10 bits per heavy atom. The molecule has 5 rings (SSSR count). The van der Waals surface area contributed by atoms with Crippen molar-refractivity contribution in [1.82, 2.24) is 19.6 Å². The lowest BCUT2D eigenvalue weighted by Crippen LogP contribution is -2.44. The van der Waals surface area contributed by atoms with Gasteiger partial charge in [-0.2, -0.15) is 18.3 Å². The smallest absolute Gasteiger partial charge is 0.370 e. The van der Waals surface area contributed by atoms with Crippen LogP contribution in [-0.2, 0) is 31.1 Å². The summed E-state index contributed by atoms with van der Waals surface area (Å²) in [6, 6.07) is 9.62. The molecule has 204 valence electrons. The Labute approximate surface area is 223 Å². The van der Waals surface area contributed by atoms with E-state index in [-0.39, 0.29) is 35.1 Å². The number of benzene rings is 2. The fourth-order valence-corrected chi connectivity index (χ4v) is 5.37. The molecule has 2 aromatic carbocycles. The number of anilines is 1. The lowest BCUT2D eigenvalue weighted by Gasteiger charge is -2.36. The van der Waals surface area contributed by atoms with Gasteiger partial charge in [-0.05, 0) is 42.7 Å². The van der Waals surface area contributed by atoms with Gasteiger partial charge in [-0.3, -0.25) is 24.0 Å². The molecule has 3 heterocycles. The number of hydrogen-bond donors (Lipinski definition) is 0. The number of amides is 3. The number of imide groups is 1.